The van der Waals surface area contributed by atoms with Crippen LogP contribution in [0.25, 0.3) is 11.0 Å². The SMILES string of the molecule is CCC(=O)c1cc2cc3c(cc2oc1=O)N(C)C(C)(C)C[C@@H]3C. The van der Waals surface area contributed by atoms with E-state index in [4.69, 9.17) is 4.42 Å². The molecule has 0 radical (unpaired) electrons. The van der Waals surface area contributed by atoms with Crippen molar-refractivity contribution in [1.29, 1.82) is 0 Å². The lowest BCUT2D eigenvalue weighted by molar-refractivity contribution is 0.0985. The standard InChI is InChI=1S/C19H23NO3/c1-6-16(21)14-8-12-7-13-11(2)10-19(3,4)20(5)15(13)9-17(12)23-18(14)22/h7-9,11H,6,10H2,1-5H3/t11-/m0/s1. The lowest BCUT2D eigenvalue weighted by atomic mass is 9.80. The number of hydrogen-bond donors (Lipinski definition) is 0. The molecule has 0 amide bonds. The van der Waals surface area contributed by atoms with Gasteiger partial charge in [-0.25, -0.2) is 4.79 Å². The number of nitrogens with zero attached hydrogens (tertiary/aromatic N) is 1. The molecule has 0 N–H and O–H groups in total. The first-order chi connectivity index (χ1) is 10.7. The first kappa shape index (κ1) is 15.8. The van der Waals surface area contributed by atoms with Gasteiger partial charge in [0.25, 0.3) is 0 Å². The van der Waals surface area contributed by atoms with Crippen molar-refractivity contribution in [3.05, 3.63) is 39.7 Å². The fourth-order valence-electron chi connectivity index (χ4n) is 3.57. The van der Waals surface area contributed by atoms with Gasteiger partial charge in [0.2, 0.25) is 0 Å². The van der Waals surface area contributed by atoms with Crippen molar-refractivity contribution < 1.29 is 9.21 Å². The van der Waals surface area contributed by atoms with Crippen LogP contribution >= 0.6 is 0 Å². The van der Waals surface area contributed by atoms with Crippen molar-refractivity contribution in [2.45, 2.75) is 52.0 Å². The number of fused-ring (bicyclic) bond motifs is 2. The first-order valence-corrected chi connectivity index (χ1v) is 8.13. The fraction of sp³-hybridized carbons (Fsp3) is 0.474. The van der Waals surface area contributed by atoms with E-state index in [0.717, 1.165) is 17.5 Å². The normalized spacial score (nSPS) is 19.7. The van der Waals surface area contributed by atoms with Gasteiger partial charge >= 0.3 is 5.63 Å². The Balaban J connectivity index is 2.25. The Morgan fingerprint density at radius 1 is 1.35 bits per heavy atom. The van der Waals surface area contributed by atoms with Gasteiger partial charge in [-0.05, 0) is 43.9 Å². The molecule has 4 heteroatoms. The molecule has 4 nitrogen and oxygen atoms in total. The second-order valence-corrected chi connectivity index (χ2v) is 7.15. The molecule has 1 aromatic heterocycles. The summed E-state index contributed by atoms with van der Waals surface area (Å²) in [5.41, 5.74) is 2.53. The van der Waals surface area contributed by atoms with Crippen LogP contribution in [-0.4, -0.2) is 18.4 Å². The van der Waals surface area contributed by atoms with E-state index in [0.29, 0.717) is 17.9 Å². The summed E-state index contributed by atoms with van der Waals surface area (Å²) < 4.78 is 5.43. The molecule has 1 atom stereocenters. The highest BCUT2D eigenvalue weighted by atomic mass is 16.4. The molecule has 0 bridgehead atoms. The lowest BCUT2D eigenvalue weighted by Gasteiger charge is -2.45. The van der Waals surface area contributed by atoms with Crippen LogP contribution < -0.4 is 10.5 Å². The summed E-state index contributed by atoms with van der Waals surface area (Å²) in [4.78, 5) is 26.2. The summed E-state index contributed by atoms with van der Waals surface area (Å²) in [6.07, 6.45) is 1.36. The van der Waals surface area contributed by atoms with Crippen LogP contribution in [0, 0.1) is 0 Å². The summed E-state index contributed by atoms with van der Waals surface area (Å²) in [7, 11) is 2.07. The number of carbonyl (C=O) groups excluding carboxylic acids is 1. The van der Waals surface area contributed by atoms with Crippen molar-refractivity contribution in [2.24, 2.45) is 0 Å². The van der Waals surface area contributed by atoms with Crippen LogP contribution in [0.4, 0.5) is 5.69 Å². The summed E-state index contributed by atoms with van der Waals surface area (Å²) in [6.45, 7) is 8.40. The maximum Gasteiger partial charge on any atom is 0.347 e. The van der Waals surface area contributed by atoms with Crippen LogP contribution in [0.5, 0.6) is 0 Å². The molecule has 122 valence electrons. The van der Waals surface area contributed by atoms with Gasteiger partial charge < -0.3 is 9.32 Å². The van der Waals surface area contributed by atoms with Crippen molar-refractivity contribution in [2.75, 3.05) is 11.9 Å². The van der Waals surface area contributed by atoms with E-state index in [1.165, 1.54) is 5.56 Å². The molecule has 2 aromatic rings. The van der Waals surface area contributed by atoms with Crippen LogP contribution in [-0.2, 0) is 0 Å². The van der Waals surface area contributed by atoms with Crippen molar-refractivity contribution in [1.82, 2.24) is 0 Å². The predicted octanol–water partition coefficient (Wildman–Crippen LogP) is 4.11. The minimum atomic E-state index is -0.546. The van der Waals surface area contributed by atoms with Gasteiger partial charge in [0.05, 0.1) is 0 Å². The van der Waals surface area contributed by atoms with Crippen molar-refractivity contribution in [3.63, 3.8) is 0 Å². The molecule has 0 fully saturated rings. The number of hydrogen-bond acceptors (Lipinski definition) is 4. The molecule has 2 heterocycles. The topological polar surface area (TPSA) is 50.5 Å². The zero-order valence-electron chi connectivity index (χ0n) is 14.4. The molecular formula is C19H23NO3. The van der Waals surface area contributed by atoms with Gasteiger partial charge in [0.15, 0.2) is 5.78 Å². The van der Waals surface area contributed by atoms with E-state index >= 15 is 0 Å². The second-order valence-electron chi connectivity index (χ2n) is 7.15. The molecular weight excluding hydrogens is 290 g/mol. The molecule has 23 heavy (non-hydrogen) atoms. The highest BCUT2D eigenvalue weighted by Gasteiger charge is 2.34. The fourth-order valence-corrected chi connectivity index (χ4v) is 3.57. The van der Waals surface area contributed by atoms with Crippen LogP contribution in [0.3, 0.4) is 0 Å². The molecule has 0 aliphatic carbocycles. The minimum absolute atomic E-state index is 0.0541. The molecule has 1 aliphatic heterocycles. The Kier molecular flexibility index (Phi) is 3.58. The van der Waals surface area contributed by atoms with Gasteiger partial charge in [0, 0.05) is 36.1 Å². The smallest absolute Gasteiger partial charge is 0.347 e. The Morgan fingerprint density at radius 3 is 2.70 bits per heavy atom. The van der Waals surface area contributed by atoms with E-state index in [1.54, 1.807) is 13.0 Å². The Bertz CT molecular complexity index is 848. The minimum Gasteiger partial charge on any atom is -0.422 e. The molecule has 0 spiro atoms. The van der Waals surface area contributed by atoms with Gasteiger partial charge in [-0.15, -0.1) is 0 Å². The third-order valence-corrected chi connectivity index (χ3v) is 5.11. The number of rotatable bonds is 2. The predicted molar refractivity (Wildman–Crippen MR) is 92.6 cm³/mol. The second kappa shape index (κ2) is 5.22. The number of carbonyl (C=O) groups is 1. The zero-order valence-corrected chi connectivity index (χ0v) is 14.4. The van der Waals surface area contributed by atoms with Crippen molar-refractivity contribution in [3.8, 4) is 0 Å². The monoisotopic (exact) mass is 313 g/mol. The first-order valence-electron chi connectivity index (χ1n) is 8.13. The Labute approximate surface area is 136 Å². The van der Waals surface area contributed by atoms with Gasteiger partial charge in [-0.1, -0.05) is 13.8 Å². The van der Waals surface area contributed by atoms with Crippen LogP contribution in [0.1, 0.15) is 62.4 Å². The lowest BCUT2D eigenvalue weighted by Crippen LogP contribution is -2.45. The third-order valence-electron chi connectivity index (χ3n) is 5.11. The molecule has 1 aliphatic rings. The maximum atomic E-state index is 12.1. The summed E-state index contributed by atoms with van der Waals surface area (Å²) >= 11 is 0. The van der Waals surface area contributed by atoms with E-state index in [9.17, 15) is 9.59 Å². The third kappa shape index (κ3) is 2.46. The van der Waals surface area contributed by atoms with Gasteiger partial charge in [0.1, 0.15) is 11.1 Å². The Morgan fingerprint density at radius 2 is 2.04 bits per heavy atom. The van der Waals surface area contributed by atoms with Gasteiger partial charge in [-0.2, -0.15) is 0 Å². The van der Waals surface area contributed by atoms with Crippen LogP contribution in [0.2, 0.25) is 0 Å². The average Bonchev–Trinajstić information content (AvgIpc) is 2.49. The van der Waals surface area contributed by atoms with E-state index < -0.39 is 5.63 Å². The number of benzene rings is 1. The maximum absolute atomic E-state index is 12.1. The zero-order chi connectivity index (χ0) is 16.9. The molecule has 0 unspecified atom stereocenters. The largest absolute Gasteiger partial charge is 0.422 e. The summed E-state index contributed by atoms with van der Waals surface area (Å²) in [6, 6.07) is 5.68. The van der Waals surface area contributed by atoms with E-state index in [-0.39, 0.29) is 16.9 Å². The molecule has 0 saturated heterocycles. The van der Waals surface area contributed by atoms with E-state index in [2.05, 4.69) is 38.8 Å². The van der Waals surface area contributed by atoms with Crippen molar-refractivity contribution >= 4 is 22.4 Å². The molecule has 3 rings (SSSR count). The quantitative estimate of drug-likeness (QED) is 0.618. The average molecular weight is 313 g/mol. The highest BCUT2D eigenvalue weighted by molar-refractivity contribution is 5.98. The summed E-state index contributed by atoms with van der Waals surface area (Å²) in [5, 5.41) is 0.820. The molecule has 0 saturated carbocycles. The number of ketones is 1. The number of anilines is 1. The van der Waals surface area contributed by atoms with Gasteiger partial charge in [-0.3, -0.25) is 4.79 Å². The molecule has 1 aromatic carbocycles. The van der Waals surface area contributed by atoms with Crippen LogP contribution in [0.15, 0.2) is 27.4 Å². The Hall–Kier alpha value is -2.10. The van der Waals surface area contributed by atoms with E-state index in [1.807, 2.05) is 6.07 Å². The summed E-state index contributed by atoms with van der Waals surface area (Å²) in [5.74, 6) is 0.238. The number of Topliss-reactive ketones (excluding diaryl/α,β-unsaturated/α-hetero) is 1. The highest BCUT2D eigenvalue weighted by Crippen LogP contribution is 2.43.